The Morgan fingerprint density at radius 3 is 2.67 bits per heavy atom. The van der Waals surface area contributed by atoms with E-state index in [4.69, 9.17) is 16.1 Å². The van der Waals surface area contributed by atoms with Gasteiger partial charge in [-0.15, -0.1) is 0 Å². The van der Waals surface area contributed by atoms with Crippen molar-refractivity contribution < 1.29 is 9.90 Å². The van der Waals surface area contributed by atoms with Gasteiger partial charge in [0.2, 0.25) is 5.91 Å². The number of amides is 1. The van der Waals surface area contributed by atoms with Crippen LogP contribution in [0.4, 0.5) is 0 Å². The number of carbonyl (C=O) groups excluding carboxylic acids is 1. The van der Waals surface area contributed by atoms with E-state index in [9.17, 15) is 4.79 Å². The molecule has 5 heteroatoms. The summed E-state index contributed by atoms with van der Waals surface area (Å²) in [5.74, 6) is -0.320. The molecular weight excluding hydrogens is 230 g/mol. The lowest BCUT2D eigenvalue weighted by Gasteiger charge is -2.13. The summed E-state index contributed by atoms with van der Waals surface area (Å²) >= 11 is 0. The molecule has 0 aliphatic carbocycles. The second-order valence-corrected chi connectivity index (χ2v) is 4.25. The SMILES string of the molecule is CC(C#N)CNC(=O)[C@@H](N)Cc1ccc(O)cc1. The molecule has 4 N–H and O–H groups in total. The Bertz CT molecular complexity index is 437. The molecule has 0 aromatic heterocycles. The van der Waals surface area contributed by atoms with Crippen molar-refractivity contribution in [3.63, 3.8) is 0 Å². The van der Waals surface area contributed by atoms with E-state index in [1.807, 2.05) is 6.07 Å². The number of nitrogens with two attached hydrogens (primary N) is 1. The number of phenols is 1. The summed E-state index contributed by atoms with van der Waals surface area (Å²) in [6, 6.07) is 7.93. The maximum absolute atomic E-state index is 11.6. The Morgan fingerprint density at radius 2 is 2.11 bits per heavy atom. The average molecular weight is 247 g/mol. The Hall–Kier alpha value is -2.06. The highest BCUT2D eigenvalue weighted by atomic mass is 16.3. The van der Waals surface area contributed by atoms with E-state index in [-0.39, 0.29) is 17.6 Å². The van der Waals surface area contributed by atoms with Crippen molar-refractivity contribution in [2.45, 2.75) is 19.4 Å². The van der Waals surface area contributed by atoms with Crippen molar-refractivity contribution in [1.82, 2.24) is 5.32 Å². The molecule has 0 bridgehead atoms. The van der Waals surface area contributed by atoms with Crippen LogP contribution in [0.3, 0.4) is 0 Å². The lowest BCUT2D eigenvalue weighted by atomic mass is 10.1. The Labute approximate surface area is 106 Å². The van der Waals surface area contributed by atoms with Crippen molar-refractivity contribution in [3.05, 3.63) is 29.8 Å². The van der Waals surface area contributed by atoms with E-state index in [2.05, 4.69) is 5.32 Å². The number of carbonyl (C=O) groups is 1. The molecule has 1 aromatic rings. The summed E-state index contributed by atoms with van der Waals surface area (Å²) in [6.45, 7) is 2.03. The van der Waals surface area contributed by atoms with Gasteiger partial charge in [-0.1, -0.05) is 12.1 Å². The first-order valence-corrected chi connectivity index (χ1v) is 5.73. The second kappa shape index (κ2) is 6.62. The van der Waals surface area contributed by atoms with Crippen LogP contribution in [0.1, 0.15) is 12.5 Å². The largest absolute Gasteiger partial charge is 0.508 e. The number of hydrogen-bond donors (Lipinski definition) is 3. The van der Waals surface area contributed by atoms with Crippen LogP contribution in [0.15, 0.2) is 24.3 Å². The second-order valence-electron chi connectivity index (χ2n) is 4.25. The van der Waals surface area contributed by atoms with Crippen molar-refractivity contribution in [1.29, 1.82) is 5.26 Å². The molecule has 0 fully saturated rings. The van der Waals surface area contributed by atoms with Gasteiger partial charge in [0.25, 0.3) is 0 Å². The molecule has 2 atom stereocenters. The fourth-order valence-electron chi connectivity index (χ4n) is 1.41. The molecule has 0 radical (unpaired) electrons. The number of nitrogens with zero attached hydrogens (tertiary/aromatic N) is 1. The summed E-state index contributed by atoms with van der Waals surface area (Å²) in [5.41, 5.74) is 6.64. The Balaban J connectivity index is 2.45. The number of aromatic hydroxyl groups is 1. The van der Waals surface area contributed by atoms with Gasteiger partial charge in [-0.3, -0.25) is 4.79 Å². The molecule has 0 saturated heterocycles. The van der Waals surface area contributed by atoms with E-state index in [0.717, 1.165) is 5.56 Å². The fraction of sp³-hybridized carbons (Fsp3) is 0.385. The third kappa shape index (κ3) is 4.44. The van der Waals surface area contributed by atoms with Crippen LogP contribution in [0.2, 0.25) is 0 Å². The molecule has 1 unspecified atom stereocenters. The zero-order valence-electron chi connectivity index (χ0n) is 10.3. The van der Waals surface area contributed by atoms with Crippen LogP contribution in [0, 0.1) is 17.2 Å². The molecule has 5 nitrogen and oxygen atoms in total. The maximum Gasteiger partial charge on any atom is 0.237 e. The first kappa shape index (κ1) is 14.0. The van der Waals surface area contributed by atoms with Crippen molar-refractivity contribution in [3.8, 4) is 11.8 Å². The number of hydrogen-bond acceptors (Lipinski definition) is 4. The van der Waals surface area contributed by atoms with Gasteiger partial charge in [-0.25, -0.2) is 0 Å². The van der Waals surface area contributed by atoms with Gasteiger partial charge >= 0.3 is 0 Å². The molecule has 1 amide bonds. The predicted molar refractivity (Wildman–Crippen MR) is 67.6 cm³/mol. The third-order valence-electron chi connectivity index (χ3n) is 2.53. The molecule has 0 spiro atoms. The summed E-state index contributed by atoms with van der Waals surface area (Å²) in [6.07, 6.45) is 0.396. The van der Waals surface area contributed by atoms with Crippen LogP contribution in [0.5, 0.6) is 5.75 Å². The van der Waals surface area contributed by atoms with Crippen LogP contribution in [-0.2, 0) is 11.2 Å². The number of nitrogens with one attached hydrogen (secondary N) is 1. The van der Waals surface area contributed by atoms with E-state index in [1.165, 1.54) is 0 Å². The monoisotopic (exact) mass is 247 g/mol. The van der Waals surface area contributed by atoms with Gasteiger partial charge in [0.1, 0.15) is 5.75 Å². The minimum absolute atomic E-state index is 0.180. The van der Waals surface area contributed by atoms with Crippen molar-refractivity contribution in [2.24, 2.45) is 11.7 Å². The van der Waals surface area contributed by atoms with E-state index in [1.54, 1.807) is 31.2 Å². The summed E-state index contributed by atoms with van der Waals surface area (Å²) in [7, 11) is 0. The smallest absolute Gasteiger partial charge is 0.237 e. The minimum Gasteiger partial charge on any atom is -0.508 e. The lowest BCUT2D eigenvalue weighted by molar-refractivity contribution is -0.122. The first-order valence-electron chi connectivity index (χ1n) is 5.73. The molecule has 0 aliphatic rings. The van der Waals surface area contributed by atoms with Gasteiger partial charge in [-0.05, 0) is 31.0 Å². The van der Waals surface area contributed by atoms with Crippen LogP contribution in [-0.4, -0.2) is 23.6 Å². The van der Waals surface area contributed by atoms with Crippen LogP contribution in [0.25, 0.3) is 0 Å². The lowest BCUT2D eigenvalue weighted by Crippen LogP contribution is -2.43. The van der Waals surface area contributed by atoms with Crippen LogP contribution < -0.4 is 11.1 Å². The molecule has 18 heavy (non-hydrogen) atoms. The number of phenolic OH excluding ortho intramolecular Hbond substituents is 1. The highest BCUT2D eigenvalue weighted by Crippen LogP contribution is 2.10. The molecule has 96 valence electrons. The molecular formula is C13H17N3O2. The van der Waals surface area contributed by atoms with E-state index >= 15 is 0 Å². The summed E-state index contributed by atoms with van der Waals surface area (Å²) in [5, 5.41) is 20.4. The third-order valence-corrected chi connectivity index (χ3v) is 2.53. The molecule has 0 aliphatic heterocycles. The van der Waals surface area contributed by atoms with E-state index < -0.39 is 6.04 Å². The van der Waals surface area contributed by atoms with Gasteiger partial charge < -0.3 is 16.2 Å². The molecule has 1 aromatic carbocycles. The molecule has 0 heterocycles. The van der Waals surface area contributed by atoms with Gasteiger partial charge in [-0.2, -0.15) is 5.26 Å². The average Bonchev–Trinajstić information content (AvgIpc) is 2.38. The van der Waals surface area contributed by atoms with Gasteiger partial charge in [0, 0.05) is 6.54 Å². The van der Waals surface area contributed by atoms with Gasteiger partial charge in [0.05, 0.1) is 18.0 Å². The highest BCUT2D eigenvalue weighted by molar-refractivity contribution is 5.81. The van der Waals surface area contributed by atoms with E-state index in [0.29, 0.717) is 13.0 Å². The number of nitriles is 1. The molecule has 1 rings (SSSR count). The van der Waals surface area contributed by atoms with Gasteiger partial charge in [0.15, 0.2) is 0 Å². The minimum atomic E-state index is -0.652. The standard InChI is InChI=1S/C13H17N3O2/c1-9(7-14)8-16-13(18)12(15)6-10-2-4-11(17)5-3-10/h2-5,9,12,17H,6,8,15H2,1H3,(H,16,18)/t9?,12-/m0/s1. The fourth-order valence-corrected chi connectivity index (χ4v) is 1.41. The van der Waals surface area contributed by atoms with Crippen LogP contribution >= 0.6 is 0 Å². The number of benzene rings is 1. The molecule has 0 saturated carbocycles. The predicted octanol–water partition coefficient (Wildman–Crippen LogP) is 0.538. The normalized spacial score (nSPS) is 13.4. The highest BCUT2D eigenvalue weighted by Gasteiger charge is 2.14. The topological polar surface area (TPSA) is 99.1 Å². The first-order chi connectivity index (χ1) is 8.52. The quantitative estimate of drug-likeness (QED) is 0.707. The maximum atomic E-state index is 11.6. The van der Waals surface area contributed by atoms with Crippen molar-refractivity contribution >= 4 is 5.91 Å². The zero-order chi connectivity index (χ0) is 13.5. The Kier molecular flexibility index (Phi) is 5.15. The number of rotatable bonds is 5. The summed E-state index contributed by atoms with van der Waals surface area (Å²) in [4.78, 5) is 11.6. The Morgan fingerprint density at radius 1 is 1.50 bits per heavy atom. The zero-order valence-corrected chi connectivity index (χ0v) is 10.3. The van der Waals surface area contributed by atoms with Crippen molar-refractivity contribution in [2.75, 3.05) is 6.54 Å². The summed E-state index contributed by atoms with van der Waals surface area (Å²) < 4.78 is 0.